The molecule has 116 valence electrons. The topological polar surface area (TPSA) is 44.8 Å². The third-order valence-electron chi connectivity index (χ3n) is 2.93. The minimum atomic E-state index is -0.377. The van der Waals surface area contributed by atoms with Gasteiger partial charge in [-0.25, -0.2) is 4.79 Å². The smallest absolute Gasteiger partial charge is 0.337 e. The summed E-state index contributed by atoms with van der Waals surface area (Å²) in [6.07, 6.45) is 0.132. The van der Waals surface area contributed by atoms with Crippen LogP contribution in [-0.2, 0) is 11.3 Å². The highest BCUT2D eigenvalue weighted by molar-refractivity contribution is 5.89. The van der Waals surface area contributed by atoms with Gasteiger partial charge in [0, 0.05) is 0 Å². The molecular formula is C18H20O4. The normalized spacial score (nSPS) is 10.4. The van der Waals surface area contributed by atoms with Crippen LogP contribution in [0, 0.1) is 0 Å². The van der Waals surface area contributed by atoms with Gasteiger partial charge in [0.25, 0.3) is 0 Å². The SMILES string of the molecule is COC(=O)c1cccc(OCc2cccc(OC(C)C)c2)c1. The number of hydrogen-bond donors (Lipinski definition) is 0. The van der Waals surface area contributed by atoms with Crippen molar-refractivity contribution in [3.8, 4) is 11.5 Å². The van der Waals surface area contributed by atoms with Crippen molar-refractivity contribution < 1.29 is 19.0 Å². The molecule has 2 aromatic carbocycles. The minimum Gasteiger partial charge on any atom is -0.491 e. The molecule has 0 saturated heterocycles. The predicted octanol–water partition coefficient (Wildman–Crippen LogP) is 3.84. The highest BCUT2D eigenvalue weighted by Crippen LogP contribution is 2.19. The molecule has 0 aliphatic heterocycles. The molecule has 0 bridgehead atoms. The first kappa shape index (κ1) is 15.9. The molecule has 0 radical (unpaired) electrons. The summed E-state index contributed by atoms with van der Waals surface area (Å²) < 4.78 is 16.1. The van der Waals surface area contributed by atoms with Gasteiger partial charge in [0.05, 0.1) is 18.8 Å². The first-order valence-electron chi connectivity index (χ1n) is 7.15. The molecule has 0 atom stereocenters. The number of rotatable bonds is 6. The summed E-state index contributed by atoms with van der Waals surface area (Å²) in [7, 11) is 1.36. The van der Waals surface area contributed by atoms with Gasteiger partial charge in [-0.2, -0.15) is 0 Å². The van der Waals surface area contributed by atoms with Crippen LogP contribution in [0.5, 0.6) is 11.5 Å². The van der Waals surface area contributed by atoms with E-state index in [1.807, 2.05) is 38.1 Å². The number of benzene rings is 2. The second-order valence-corrected chi connectivity index (χ2v) is 5.12. The van der Waals surface area contributed by atoms with E-state index in [1.54, 1.807) is 24.3 Å². The van der Waals surface area contributed by atoms with Crippen LogP contribution in [0.4, 0.5) is 0 Å². The Kier molecular flexibility index (Phi) is 5.42. The highest BCUT2D eigenvalue weighted by Gasteiger charge is 2.06. The van der Waals surface area contributed by atoms with Crippen LogP contribution in [0.2, 0.25) is 0 Å². The maximum atomic E-state index is 11.5. The molecule has 0 aromatic heterocycles. The van der Waals surface area contributed by atoms with E-state index in [0.29, 0.717) is 17.9 Å². The van der Waals surface area contributed by atoms with Crippen molar-refractivity contribution in [3.63, 3.8) is 0 Å². The second-order valence-electron chi connectivity index (χ2n) is 5.12. The van der Waals surface area contributed by atoms with Gasteiger partial charge in [-0.3, -0.25) is 0 Å². The van der Waals surface area contributed by atoms with Gasteiger partial charge < -0.3 is 14.2 Å². The Hall–Kier alpha value is -2.49. The lowest BCUT2D eigenvalue weighted by atomic mass is 10.2. The molecule has 2 aromatic rings. The second kappa shape index (κ2) is 7.50. The maximum absolute atomic E-state index is 11.5. The first-order valence-corrected chi connectivity index (χ1v) is 7.15. The number of methoxy groups -OCH3 is 1. The zero-order valence-corrected chi connectivity index (χ0v) is 13.0. The quantitative estimate of drug-likeness (QED) is 0.760. The van der Waals surface area contributed by atoms with E-state index in [4.69, 9.17) is 14.2 Å². The van der Waals surface area contributed by atoms with Crippen LogP contribution in [-0.4, -0.2) is 19.2 Å². The van der Waals surface area contributed by atoms with Crippen LogP contribution in [0.25, 0.3) is 0 Å². The van der Waals surface area contributed by atoms with Gasteiger partial charge in [0.15, 0.2) is 0 Å². The summed E-state index contributed by atoms with van der Waals surface area (Å²) in [6, 6.07) is 14.7. The Labute approximate surface area is 130 Å². The van der Waals surface area contributed by atoms with E-state index < -0.39 is 0 Å². The molecule has 22 heavy (non-hydrogen) atoms. The standard InChI is InChI=1S/C18H20O4/c1-13(2)22-17-9-4-6-14(10-17)12-21-16-8-5-7-15(11-16)18(19)20-3/h4-11,13H,12H2,1-3H3. The Bertz CT molecular complexity index is 634. The monoisotopic (exact) mass is 300 g/mol. The molecule has 0 aliphatic carbocycles. The number of esters is 1. The molecule has 0 spiro atoms. The fourth-order valence-corrected chi connectivity index (χ4v) is 1.98. The predicted molar refractivity (Wildman–Crippen MR) is 84.3 cm³/mol. The minimum absolute atomic E-state index is 0.132. The van der Waals surface area contributed by atoms with Crippen molar-refractivity contribution in [1.82, 2.24) is 0 Å². The Balaban J connectivity index is 2.02. The van der Waals surface area contributed by atoms with E-state index in [-0.39, 0.29) is 12.1 Å². The number of ether oxygens (including phenoxy) is 3. The lowest BCUT2D eigenvalue weighted by molar-refractivity contribution is 0.0600. The van der Waals surface area contributed by atoms with Gasteiger partial charge in [0.2, 0.25) is 0 Å². The van der Waals surface area contributed by atoms with Crippen molar-refractivity contribution in [2.45, 2.75) is 26.6 Å². The molecule has 0 saturated carbocycles. The molecule has 0 fully saturated rings. The van der Waals surface area contributed by atoms with E-state index >= 15 is 0 Å². The summed E-state index contributed by atoms with van der Waals surface area (Å²) in [5.41, 5.74) is 1.47. The average Bonchev–Trinajstić information content (AvgIpc) is 2.52. The summed E-state index contributed by atoms with van der Waals surface area (Å²) in [5, 5.41) is 0. The number of hydrogen-bond acceptors (Lipinski definition) is 4. The molecular weight excluding hydrogens is 280 g/mol. The number of carbonyl (C=O) groups is 1. The van der Waals surface area contributed by atoms with Gasteiger partial charge in [-0.1, -0.05) is 18.2 Å². The largest absolute Gasteiger partial charge is 0.491 e. The van der Waals surface area contributed by atoms with Crippen molar-refractivity contribution in [2.24, 2.45) is 0 Å². The molecule has 0 heterocycles. The fourth-order valence-electron chi connectivity index (χ4n) is 1.98. The van der Waals surface area contributed by atoms with E-state index in [9.17, 15) is 4.79 Å². The summed E-state index contributed by atoms with van der Waals surface area (Å²) in [6.45, 7) is 4.38. The van der Waals surface area contributed by atoms with Crippen LogP contribution in [0.15, 0.2) is 48.5 Å². The third-order valence-corrected chi connectivity index (χ3v) is 2.93. The number of carbonyl (C=O) groups excluding carboxylic acids is 1. The van der Waals surface area contributed by atoms with Gasteiger partial charge in [-0.05, 0) is 49.7 Å². The zero-order valence-electron chi connectivity index (χ0n) is 13.0. The van der Waals surface area contributed by atoms with Crippen molar-refractivity contribution in [2.75, 3.05) is 7.11 Å². The van der Waals surface area contributed by atoms with Crippen LogP contribution < -0.4 is 9.47 Å². The molecule has 2 rings (SSSR count). The highest BCUT2D eigenvalue weighted by atomic mass is 16.5. The fraction of sp³-hybridized carbons (Fsp3) is 0.278. The molecule has 0 N–H and O–H groups in total. The third kappa shape index (κ3) is 4.52. The first-order chi connectivity index (χ1) is 10.6. The molecule has 4 nitrogen and oxygen atoms in total. The van der Waals surface area contributed by atoms with Gasteiger partial charge >= 0.3 is 5.97 Å². The molecule has 4 heteroatoms. The van der Waals surface area contributed by atoms with E-state index in [2.05, 4.69) is 0 Å². The molecule has 0 aliphatic rings. The average molecular weight is 300 g/mol. The van der Waals surface area contributed by atoms with Gasteiger partial charge in [0.1, 0.15) is 18.1 Å². The maximum Gasteiger partial charge on any atom is 0.337 e. The molecule has 0 amide bonds. The van der Waals surface area contributed by atoms with Crippen molar-refractivity contribution in [3.05, 3.63) is 59.7 Å². The van der Waals surface area contributed by atoms with Crippen molar-refractivity contribution in [1.29, 1.82) is 0 Å². The molecule has 0 unspecified atom stereocenters. The Morgan fingerprint density at radius 1 is 1.05 bits per heavy atom. The van der Waals surface area contributed by atoms with E-state index in [0.717, 1.165) is 11.3 Å². The van der Waals surface area contributed by atoms with Gasteiger partial charge in [-0.15, -0.1) is 0 Å². The summed E-state index contributed by atoms with van der Waals surface area (Å²) in [5.74, 6) is 1.07. The Morgan fingerprint density at radius 2 is 1.77 bits per heavy atom. The lowest BCUT2D eigenvalue weighted by Crippen LogP contribution is -2.06. The van der Waals surface area contributed by atoms with Crippen LogP contribution >= 0.6 is 0 Å². The summed E-state index contributed by atoms with van der Waals surface area (Å²) >= 11 is 0. The van der Waals surface area contributed by atoms with Crippen molar-refractivity contribution >= 4 is 5.97 Å². The van der Waals surface area contributed by atoms with E-state index in [1.165, 1.54) is 7.11 Å². The van der Waals surface area contributed by atoms with Crippen LogP contribution in [0.3, 0.4) is 0 Å². The van der Waals surface area contributed by atoms with Crippen LogP contribution in [0.1, 0.15) is 29.8 Å². The zero-order chi connectivity index (χ0) is 15.9. The Morgan fingerprint density at radius 3 is 2.50 bits per heavy atom. The lowest BCUT2D eigenvalue weighted by Gasteiger charge is -2.12. The summed E-state index contributed by atoms with van der Waals surface area (Å²) in [4.78, 5) is 11.5.